The van der Waals surface area contributed by atoms with E-state index in [0.29, 0.717) is 19.6 Å². The van der Waals surface area contributed by atoms with Crippen LogP contribution in [0.25, 0.3) is 0 Å². The van der Waals surface area contributed by atoms with E-state index >= 15 is 0 Å². The van der Waals surface area contributed by atoms with Gasteiger partial charge >= 0.3 is 0 Å². The maximum atomic E-state index is 11.4. The monoisotopic (exact) mass is 414 g/mol. The molecule has 0 saturated heterocycles. The van der Waals surface area contributed by atoms with Gasteiger partial charge in [0, 0.05) is 32.7 Å². The van der Waals surface area contributed by atoms with Gasteiger partial charge in [0.1, 0.15) is 0 Å². The minimum atomic E-state index is -0.284. The molecule has 1 amide bonds. The van der Waals surface area contributed by atoms with Crippen molar-refractivity contribution in [2.75, 3.05) is 33.3 Å². The van der Waals surface area contributed by atoms with E-state index in [1.54, 1.807) is 7.11 Å². The number of carbonyl (C=O) groups excluding carboxylic acids is 1. The van der Waals surface area contributed by atoms with Crippen molar-refractivity contribution in [2.24, 2.45) is 10.9 Å². The minimum Gasteiger partial charge on any atom is -0.377 e. The normalized spacial score (nSPS) is 11.9. The molecular formula is C14H31IN4O2. The van der Waals surface area contributed by atoms with Crippen LogP contribution >= 0.6 is 24.0 Å². The summed E-state index contributed by atoms with van der Waals surface area (Å²) < 4.78 is 5.33. The highest BCUT2D eigenvalue weighted by Crippen LogP contribution is 2.06. The maximum absolute atomic E-state index is 11.4. The Kier molecular flexibility index (Phi) is 13.0. The Morgan fingerprint density at radius 2 is 1.76 bits per heavy atom. The van der Waals surface area contributed by atoms with Crippen molar-refractivity contribution in [2.45, 2.75) is 40.2 Å². The predicted molar refractivity (Wildman–Crippen MR) is 98.3 cm³/mol. The summed E-state index contributed by atoms with van der Waals surface area (Å²) in [7, 11) is 1.68. The van der Waals surface area contributed by atoms with E-state index in [2.05, 4.69) is 20.9 Å². The highest BCUT2D eigenvalue weighted by Gasteiger charge is 2.15. The molecule has 0 fully saturated rings. The van der Waals surface area contributed by atoms with Crippen molar-refractivity contribution < 1.29 is 9.53 Å². The fraction of sp³-hybridized carbons (Fsp3) is 0.857. The fourth-order valence-corrected chi connectivity index (χ4v) is 1.25. The molecule has 0 aliphatic heterocycles. The number of guanidine groups is 1. The van der Waals surface area contributed by atoms with Crippen LogP contribution in [0.15, 0.2) is 4.99 Å². The van der Waals surface area contributed by atoms with Gasteiger partial charge in [-0.05, 0) is 20.8 Å². The standard InChI is InChI=1S/C14H30N4O2.HI/c1-7-15-13(18-10-14(4,5)20-6)17-9-8-16-12(19)11(2)3;/h11H,7-10H2,1-6H3,(H,16,19)(H2,15,17,18);1H. The molecule has 0 aromatic carbocycles. The second-order valence-corrected chi connectivity index (χ2v) is 5.53. The molecule has 0 saturated carbocycles. The van der Waals surface area contributed by atoms with Crippen LogP contribution in [-0.4, -0.2) is 50.8 Å². The number of hydrogen-bond donors (Lipinski definition) is 3. The Bertz CT molecular complexity index is 320. The molecule has 7 heteroatoms. The van der Waals surface area contributed by atoms with Crippen LogP contribution in [0.3, 0.4) is 0 Å². The quantitative estimate of drug-likeness (QED) is 0.243. The molecule has 0 aliphatic rings. The molecule has 0 aromatic rings. The van der Waals surface area contributed by atoms with E-state index in [0.717, 1.165) is 12.5 Å². The zero-order chi connectivity index (χ0) is 15.6. The molecule has 126 valence electrons. The summed E-state index contributed by atoms with van der Waals surface area (Å²) in [5.74, 6) is 0.810. The van der Waals surface area contributed by atoms with Crippen LogP contribution in [0, 0.1) is 5.92 Å². The highest BCUT2D eigenvalue weighted by molar-refractivity contribution is 14.0. The zero-order valence-corrected chi connectivity index (χ0v) is 16.4. The summed E-state index contributed by atoms with van der Waals surface area (Å²) in [4.78, 5) is 15.9. The summed E-state index contributed by atoms with van der Waals surface area (Å²) in [6.07, 6.45) is 0. The molecule has 0 radical (unpaired) electrons. The molecule has 0 rings (SSSR count). The molecule has 0 aromatic heterocycles. The lowest BCUT2D eigenvalue weighted by Gasteiger charge is -2.21. The first-order valence-electron chi connectivity index (χ1n) is 7.17. The number of halogens is 1. The lowest BCUT2D eigenvalue weighted by atomic mass is 10.1. The van der Waals surface area contributed by atoms with Crippen molar-refractivity contribution >= 4 is 35.8 Å². The molecule has 3 N–H and O–H groups in total. The summed E-state index contributed by atoms with van der Waals surface area (Å²) in [5.41, 5.74) is -0.284. The molecular weight excluding hydrogens is 383 g/mol. The summed E-state index contributed by atoms with van der Waals surface area (Å²) in [6, 6.07) is 0. The largest absolute Gasteiger partial charge is 0.377 e. The number of hydrogen-bond acceptors (Lipinski definition) is 3. The lowest BCUT2D eigenvalue weighted by molar-refractivity contribution is -0.123. The van der Waals surface area contributed by atoms with E-state index in [-0.39, 0.29) is 41.4 Å². The van der Waals surface area contributed by atoms with Crippen molar-refractivity contribution in [3.05, 3.63) is 0 Å². The van der Waals surface area contributed by atoms with Gasteiger partial charge in [-0.1, -0.05) is 13.8 Å². The Balaban J connectivity index is 0. The first-order valence-corrected chi connectivity index (χ1v) is 7.17. The van der Waals surface area contributed by atoms with Gasteiger partial charge in [0.05, 0.1) is 12.1 Å². The summed E-state index contributed by atoms with van der Waals surface area (Å²) >= 11 is 0. The number of nitrogens with one attached hydrogen (secondary N) is 3. The van der Waals surface area contributed by atoms with Gasteiger partial charge < -0.3 is 20.7 Å². The number of aliphatic imine (C=N–C) groups is 1. The van der Waals surface area contributed by atoms with Gasteiger partial charge in [-0.3, -0.25) is 9.79 Å². The number of carbonyl (C=O) groups is 1. The average molecular weight is 414 g/mol. The smallest absolute Gasteiger partial charge is 0.222 e. The van der Waals surface area contributed by atoms with E-state index in [1.165, 1.54) is 0 Å². The predicted octanol–water partition coefficient (Wildman–Crippen LogP) is 1.36. The molecule has 0 bridgehead atoms. The average Bonchev–Trinajstić information content (AvgIpc) is 2.40. The minimum absolute atomic E-state index is 0. The lowest BCUT2D eigenvalue weighted by Crippen LogP contribution is -2.43. The second kappa shape index (κ2) is 12.0. The Hall–Kier alpha value is -0.570. The van der Waals surface area contributed by atoms with Crippen molar-refractivity contribution in [3.8, 4) is 0 Å². The van der Waals surface area contributed by atoms with Crippen LogP contribution in [0.4, 0.5) is 0 Å². The Morgan fingerprint density at radius 1 is 1.19 bits per heavy atom. The molecule has 21 heavy (non-hydrogen) atoms. The number of rotatable bonds is 8. The van der Waals surface area contributed by atoms with Crippen molar-refractivity contribution in [1.29, 1.82) is 0 Å². The molecule has 0 atom stereocenters. The number of ether oxygens (including phenoxy) is 1. The number of methoxy groups -OCH3 is 1. The number of nitrogens with zero attached hydrogens (tertiary/aromatic N) is 1. The van der Waals surface area contributed by atoms with E-state index in [9.17, 15) is 4.79 Å². The number of amides is 1. The molecule has 0 aliphatic carbocycles. The van der Waals surface area contributed by atoms with Gasteiger partial charge in [0.2, 0.25) is 5.91 Å². The van der Waals surface area contributed by atoms with Crippen LogP contribution in [-0.2, 0) is 9.53 Å². The van der Waals surface area contributed by atoms with Crippen LogP contribution in [0.2, 0.25) is 0 Å². The molecule has 0 heterocycles. The first-order chi connectivity index (χ1) is 9.32. The second-order valence-electron chi connectivity index (χ2n) is 5.53. The van der Waals surface area contributed by atoms with Crippen molar-refractivity contribution in [1.82, 2.24) is 16.0 Å². The van der Waals surface area contributed by atoms with E-state index in [4.69, 9.17) is 4.74 Å². The van der Waals surface area contributed by atoms with Gasteiger partial charge in [-0.2, -0.15) is 0 Å². The van der Waals surface area contributed by atoms with Crippen LogP contribution < -0.4 is 16.0 Å². The Labute approximate surface area is 145 Å². The molecule has 6 nitrogen and oxygen atoms in total. The SMILES string of the molecule is CCNC(=NCC(C)(C)OC)NCCNC(=O)C(C)C.I. The van der Waals surface area contributed by atoms with Gasteiger partial charge in [-0.25, -0.2) is 0 Å². The van der Waals surface area contributed by atoms with Gasteiger partial charge in [-0.15, -0.1) is 24.0 Å². The van der Waals surface area contributed by atoms with Crippen LogP contribution in [0.1, 0.15) is 34.6 Å². The molecule has 0 spiro atoms. The van der Waals surface area contributed by atoms with Gasteiger partial charge in [0.15, 0.2) is 5.96 Å². The third-order valence-electron chi connectivity index (χ3n) is 2.76. The Morgan fingerprint density at radius 3 is 2.24 bits per heavy atom. The fourth-order valence-electron chi connectivity index (χ4n) is 1.25. The van der Waals surface area contributed by atoms with E-state index in [1.807, 2.05) is 34.6 Å². The van der Waals surface area contributed by atoms with Crippen molar-refractivity contribution in [3.63, 3.8) is 0 Å². The topological polar surface area (TPSA) is 74.8 Å². The summed E-state index contributed by atoms with van der Waals surface area (Å²) in [6.45, 7) is 12.3. The van der Waals surface area contributed by atoms with E-state index < -0.39 is 0 Å². The third-order valence-corrected chi connectivity index (χ3v) is 2.76. The maximum Gasteiger partial charge on any atom is 0.222 e. The zero-order valence-electron chi connectivity index (χ0n) is 14.1. The third kappa shape index (κ3) is 11.7. The summed E-state index contributed by atoms with van der Waals surface area (Å²) in [5, 5.41) is 9.20. The van der Waals surface area contributed by atoms with Crippen LogP contribution in [0.5, 0.6) is 0 Å². The first kappa shape index (κ1) is 22.7. The molecule has 0 unspecified atom stereocenters. The highest BCUT2D eigenvalue weighted by atomic mass is 127. The van der Waals surface area contributed by atoms with Gasteiger partial charge in [0.25, 0.3) is 0 Å².